The van der Waals surface area contributed by atoms with Gasteiger partial charge in [-0.05, 0) is 43.0 Å². The van der Waals surface area contributed by atoms with Gasteiger partial charge in [-0.2, -0.15) is 4.31 Å². The molecule has 2 aromatic rings. The highest BCUT2D eigenvalue weighted by molar-refractivity contribution is 7.89. The van der Waals surface area contributed by atoms with Crippen LogP contribution in [0.2, 0.25) is 0 Å². The average Bonchev–Trinajstić information content (AvgIpc) is 3.43. The molecule has 0 saturated carbocycles. The summed E-state index contributed by atoms with van der Waals surface area (Å²) >= 11 is 0. The molecule has 0 unspecified atom stereocenters. The van der Waals surface area contributed by atoms with Crippen molar-refractivity contribution in [2.24, 2.45) is 0 Å². The van der Waals surface area contributed by atoms with E-state index in [0.717, 1.165) is 57.7 Å². The zero-order chi connectivity index (χ0) is 24.8. The minimum absolute atomic E-state index is 0.0637. The van der Waals surface area contributed by atoms with Crippen molar-refractivity contribution < 1.29 is 13.2 Å². The lowest BCUT2D eigenvalue weighted by Gasteiger charge is -2.35. The summed E-state index contributed by atoms with van der Waals surface area (Å²) in [6.07, 6.45) is 3.18. The predicted molar refractivity (Wildman–Crippen MR) is 140 cm³/mol. The van der Waals surface area contributed by atoms with Crippen LogP contribution in [0, 0.1) is 0 Å². The molecule has 2 aliphatic heterocycles. The molecule has 2 aliphatic rings. The number of hydrogen-bond acceptors (Lipinski definition) is 5. The molecule has 0 aliphatic carbocycles. The van der Waals surface area contributed by atoms with Crippen LogP contribution in [0.1, 0.15) is 42.6 Å². The maximum atomic E-state index is 13.7. The second-order valence-corrected chi connectivity index (χ2v) is 11.3. The number of carbonyl (C=O) groups is 1. The molecule has 35 heavy (non-hydrogen) atoms. The van der Waals surface area contributed by atoms with Crippen molar-refractivity contribution in [3.8, 4) is 0 Å². The van der Waals surface area contributed by atoms with Crippen LogP contribution in [0.25, 0.3) is 0 Å². The van der Waals surface area contributed by atoms with Gasteiger partial charge in [-0.1, -0.05) is 44.2 Å². The van der Waals surface area contributed by atoms with Gasteiger partial charge in [0.05, 0.1) is 10.5 Å². The van der Waals surface area contributed by atoms with Crippen molar-refractivity contribution in [2.45, 2.75) is 38.0 Å². The van der Waals surface area contributed by atoms with Crippen LogP contribution >= 0.6 is 0 Å². The summed E-state index contributed by atoms with van der Waals surface area (Å²) in [5, 5.41) is 0. The van der Waals surface area contributed by atoms with Gasteiger partial charge < -0.3 is 9.80 Å². The fourth-order valence-electron chi connectivity index (χ4n) is 5.07. The maximum absolute atomic E-state index is 13.7. The van der Waals surface area contributed by atoms with E-state index in [0.29, 0.717) is 31.7 Å². The third-order valence-electron chi connectivity index (χ3n) is 7.21. The Morgan fingerprint density at radius 2 is 1.54 bits per heavy atom. The standard InChI is InChI=1S/C27H38N4O3S/c1-3-31(4-2)35(33,34)24-12-13-26(29-15-8-9-16-29)25(22-24)27(32)30-20-18-28(19-21-30)17-14-23-10-6-5-7-11-23/h5-7,10-13,22H,3-4,8-9,14-21H2,1-2H3. The molecular formula is C27H38N4O3S. The van der Waals surface area contributed by atoms with Gasteiger partial charge in [0.25, 0.3) is 5.91 Å². The summed E-state index contributed by atoms with van der Waals surface area (Å²) in [5.74, 6) is -0.0637. The minimum Gasteiger partial charge on any atom is -0.371 e. The van der Waals surface area contributed by atoms with Crippen molar-refractivity contribution in [3.05, 3.63) is 59.7 Å². The number of anilines is 1. The van der Waals surface area contributed by atoms with Gasteiger partial charge in [-0.15, -0.1) is 0 Å². The van der Waals surface area contributed by atoms with Gasteiger partial charge >= 0.3 is 0 Å². The van der Waals surface area contributed by atoms with Crippen molar-refractivity contribution in [3.63, 3.8) is 0 Å². The molecule has 0 aromatic heterocycles. The molecule has 0 radical (unpaired) electrons. The highest BCUT2D eigenvalue weighted by Gasteiger charge is 2.29. The van der Waals surface area contributed by atoms with Crippen LogP contribution < -0.4 is 4.90 Å². The van der Waals surface area contributed by atoms with E-state index < -0.39 is 10.0 Å². The first kappa shape index (κ1) is 25.7. The van der Waals surface area contributed by atoms with Crippen LogP contribution in [-0.2, 0) is 16.4 Å². The monoisotopic (exact) mass is 498 g/mol. The third kappa shape index (κ3) is 5.88. The number of amides is 1. The van der Waals surface area contributed by atoms with Crippen molar-refractivity contribution >= 4 is 21.6 Å². The molecular weight excluding hydrogens is 460 g/mol. The quantitative estimate of drug-likeness (QED) is 0.531. The number of rotatable bonds is 9. The summed E-state index contributed by atoms with van der Waals surface area (Å²) in [6, 6.07) is 15.6. The van der Waals surface area contributed by atoms with Crippen molar-refractivity contribution in [2.75, 3.05) is 63.8 Å². The van der Waals surface area contributed by atoms with Crippen LogP contribution in [0.15, 0.2) is 53.4 Å². The highest BCUT2D eigenvalue weighted by Crippen LogP contribution is 2.30. The first-order valence-electron chi connectivity index (χ1n) is 12.9. The first-order valence-corrected chi connectivity index (χ1v) is 14.3. The zero-order valence-electron chi connectivity index (χ0n) is 21.0. The van der Waals surface area contributed by atoms with Gasteiger partial charge in [0.15, 0.2) is 0 Å². The average molecular weight is 499 g/mol. The number of carbonyl (C=O) groups excluding carboxylic acids is 1. The van der Waals surface area contributed by atoms with E-state index in [-0.39, 0.29) is 10.8 Å². The van der Waals surface area contributed by atoms with Gasteiger partial charge in [-0.25, -0.2) is 8.42 Å². The Bertz CT molecular complexity index is 1090. The summed E-state index contributed by atoms with van der Waals surface area (Å²) < 4.78 is 27.8. The number of benzene rings is 2. The van der Waals surface area contributed by atoms with Crippen LogP contribution in [-0.4, -0.2) is 87.3 Å². The summed E-state index contributed by atoms with van der Waals surface area (Å²) in [6.45, 7) is 10.2. The zero-order valence-corrected chi connectivity index (χ0v) is 21.8. The number of piperazine rings is 1. The second-order valence-electron chi connectivity index (χ2n) is 9.33. The SMILES string of the molecule is CCN(CC)S(=O)(=O)c1ccc(N2CCCC2)c(C(=O)N2CCN(CCc3ccccc3)CC2)c1. The normalized spacial score (nSPS) is 17.3. The summed E-state index contributed by atoms with van der Waals surface area (Å²) in [7, 11) is -3.63. The molecule has 1 amide bonds. The summed E-state index contributed by atoms with van der Waals surface area (Å²) in [5.41, 5.74) is 2.70. The van der Waals surface area contributed by atoms with E-state index in [2.05, 4.69) is 34.1 Å². The molecule has 0 atom stereocenters. The largest absolute Gasteiger partial charge is 0.371 e. The van der Waals surface area contributed by atoms with E-state index in [1.807, 2.05) is 30.9 Å². The van der Waals surface area contributed by atoms with Gasteiger partial charge in [0.1, 0.15) is 0 Å². The molecule has 2 fully saturated rings. The van der Waals surface area contributed by atoms with E-state index in [9.17, 15) is 13.2 Å². The molecule has 0 spiro atoms. The van der Waals surface area contributed by atoms with Crippen molar-refractivity contribution in [1.29, 1.82) is 0 Å². The Morgan fingerprint density at radius 3 is 2.17 bits per heavy atom. The Balaban J connectivity index is 1.50. The number of nitrogens with zero attached hydrogens (tertiary/aromatic N) is 4. The number of sulfonamides is 1. The van der Waals surface area contributed by atoms with Gasteiger partial charge in [0, 0.05) is 64.6 Å². The van der Waals surface area contributed by atoms with E-state index >= 15 is 0 Å². The van der Waals surface area contributed by atoms with Crippen LogP contribution in [0.4, 0.5) is 5.69 Å². The van der Waals surface area contributed by atoms with Crippen molar-refractivity contribution in [1.82, 2.24) is 14.1 Å². The Hall–Kier alpha value is -2.42. The molecule has 2 aromatic carbocycles. The molecule has 190 valence electrons. The molecule has 0 N–H and O–H groups in total. The smallest absolute Gasteiger partial charge is 0.256 e. The van der Waals surface area contributed by atoms with Gasteiger partial charge in [-0.3, -0.25) is 9.69 Å². The lowest BCUT2D eigenvalue weighted by Crippen LogP contribution is -2.49. The third-order valence-corrected chi connectivity index (χ3v) is 9.25. The maximum Gasteiger partial charge on any atom is 0.256 e. The first-order chi connectivity index (χ1) is 16.9. The molecule has 7 nitrogen and oxygen atoms in total. The highest BCUT2D eigenvalue weighted by atomic mass is 32.2. The second kappa shape index (κ2) is 11.5. The van der Waals surface area contributed by atoms with Crippen LogP contribution in [0.5, 0.6) is 0 Å². The summed E-state index contributed by atoms with van der Waals surface area (Å²) in [4.78, 5) is 20.4. The van der Waals surface area contributed by atoms with E-state index in [1.165, 1.54) is 9.87 Å². The molecule has 0 bridgehead atoms. The van der Waals surface area contributed by atoms with Gasteiger partial charge in [0.2, 0.25) is 10.0 Å². The molecule has 4 rings (SSSR count). The predicted octanol–water partition coefficient (Wildman–Crippen LogP) is 3.32. The molecule has 8 heteroatoms. The lowest BCUT2D eigenvalue weighted by atomic mass is 10.1. The topological polar surface area (TPSA) is 64.2 Å². The van der Waals surface area contributed by atoms with E-state index in [1.54, 1.807) is 12.1 Å². The Morgan fingerprint density at radius 1 is 0.886 bits per heavy atom. The minimum atomic E-state index is -3.63. The lowest BCUT2D eigenvalue weighted by molar-refractivity contribution is 0.0639. The van der Waals surface area contributed by atoms with Crippen LogP contribution in [0.3, 0.4) is 0 Å². The fourth-order valence-corrected chi connectivity index (χ4v) is 6.55. The Labute approximate surface area is 210 Å². The van der Waals surface area contributed by atoms with E-state index in [4.69, 9.17) is 0 Å². The molecule has 2 saturated heterocycles. The molecule has 2 heterocycles. The number of hydrogen-bond donors (Lipinski definition) is 0. The Kier molecular flexibility index (Phi) is 8.46. The fraction of sp³-hybridized carbons (Fsp3) is 0.519.